The van der Waals surface area contributed by atoms with Crippen molar-refractivity contribution in [1.82, 2.24) is 14.5 Å². The van der Waals surface area contributed by atoms with E-state index in [1.807, 2.05) is 0 Å². The lowest BCUT2D eigenvalue weighted by molar-refractivity contribution is -0.130. The molecule has 2 saturated heterocycles. The molecule has 4 saturated carbocycles. The van der Waals surface area contributed by atoms with Crippen LogP contribution in [0, 0.1) is 23.2 Å². The van der Waals surface area contributed by atoms with E-state index in [4.69, 9.17) is 0 Å². The van der Waals surface area contributed by atoms with Crippen molar-refractivity contribution in [3.63, 3.8) is 0 Å². The first-order valence-corrected chi connectivity index (χ1v) is 12.0. The van der Waals surface area contributed by atoms with E-state index in [2.05, 4.69) is 15.7 Å². The molecule has 9 heteroatoms. The van der Waals surface area contributed by atoms with E-state index in [0.29, 0.717) is 30.7 Å². The molecule has 4 unspecified atom stereocenters. The molecule has 3 N–H and O–H groups in total. The molecule has 6 fully saturated rings. The maximum atomic E-state index is 12.7. The summed E-state index contributed by atoms with van der Waals surface area (Å²) in [5.74, 6) is 1.69. The lowest BCUT2D eigenvalue weighted by Crippen LogP contribution is -2.56. The van der Waals surface area contributed by atoms with Crippen LogP contribution in [0.2, 0.25) is 0 Å². The lowest BCUT2D eigenvalue weighted by atomic mass is 9.74. The van der Waals surface area contributed by atoms with E-state index < -0.39 is 10.8 Å². The summed E-state index contributed by atoms with van der Waals surface area (Å²) in [5.41, 5.74) is -0.140. The van der Waals surface area contributed by atoms with Gasteiger partial charge < -0.3 is 10.2 Å². The molecule has 2 aliphatic heterocycles. The molecule has 0 radical (unpaired) electrons. The average Bonchev–Trinajstić information content (AvgIpc) is 3.33. The Kier molecular flexibility index (Phi) is 5.18. The van der Waals surface area contributed by atoms with Crippen molar-refractivity contribution >= 4 is 29.1 Å². The summed E-state index contributed by atoms with van der Waals surface area (Å²) in [5, 5.41) is 12.9. The molecular weight excluding hydrogens is 400 g/mol. The van der Waals surface area contributed by atoms with Crippen molar-refractivity contribution in [1.29, 1.82) is 5.26 Å². The second-order valence-corrected chi connectivity index (χ2v) is 11.6. The zero-order valence-corrected chi connectivity index (χ0v) is 17.8. The largest absolute Gasteiger partial charge is 0.326 e. The van der Waals surface area contributed by atoms with E-state index in [0.717, 1.165) is 51.5 Å². The van der Waals surface area contributed by atoms with Crippen molar-refractivity contribution in [3.05, 3.63) is 0 Å². The normalized spacial score (nSPS) is 44.5. The van der Waals surface area contributed by atoms with Crippen molar-refractivity contribution in [2.24, 2.45) is 11.8 Å². The van der Waals surface area contributed by atoms with Crippen LogP contribution in [-0.4, -0.2) is 66.7 Å². The Bertz CT molecular complexity index is 703. The predicted octanol–water partition coefficient (Wildman–Crippen LogP) is 2.58. The van der Waals surface area contributed by atoms with E-state index >= 15 is 0 Å². The van der Waals surface area contributed by atoms with Gasteiger partial charge >= 0.3 is 0 Å². The van der Waals surface area contributed by atoms with Crippen LogP contribution in [0.15, 0.2) is 0 Å². The number of nitrogens with zero attached hydrogens (tertiary/aromatic N) is 3. The first-order valence-electron chi connectivity index (χ1n) is 10.4. The number of carbonyl (C=O) groups is 1. The summed E-state index contributed by atoms with van der Waals surface area (Å²) in [6.45, 7) is 1.78. The fraction of sp³-hybridized carbons (Fsp3) is 0.895. The SMILES string of the molecule is Cl.N#C[C@@H]1CCCN1C(=O)CNC12CC3CC1CC(N1CCCS1(O)O)(C3)C2. The van der Waals surface area contributed by atoms with Gasteiger partial charge in [-0.25, -0.2) is 4.31 Å². The maximum Gasteiger partial charge on any atom is 0.237 e. The van der Waals surface area contributed by atoms with Gasteiger partial charge in [-0.05, 0) is 63.2 Å². The first kappa shape index (κ1) is 20.7. The number of amides is 1. The van der Waals surface area contributed by atoms with E-state index in [9.17, 15) is 19.2 Å². The number of nitrogens with one attached hydrogen (secondary N) is 1. The highest BCUT2D eigenvalue weighted by molar-refractivity contribution is 8.22. The Hall–Kier alpha value is -0.560. The van der Waals surface area contributed by atoms with Gasteiger partial charge in [0.15, 0.2) is 0 Å². The van der Waals surface area contributed by atoms with Crippen molar-refractivity contribution in [3.8, 4) is 6.07 Å². The molecule has 0 aromatic rings. The Morgan fingerprint density at radius 3 is 2.79 bits per heavy atom. The summed E-state index contributed by atoms with van der Waals surface area (Å²) in [7, 11) is -2.62. The average molecular weight is 431 g/mol. The van der Waals surface area contributed by atoms with Crippen LogP contribution in [-0.2, 0) is 4.79 Å². The number of halogens is 1. The number of nitriles is 1. The molecule has 6 aliphatic rings. The smallest absolute Gasteiger partial charge is 0.237 e. The standard InChI is InChI=1S/C19H30N4O3S.ClH/c20-11-16-3-1-4-22(16)17(24)12-21-19-9-14-7-15(19)10-18(8-14,13-19)23-5-2-6-27(23,25)26;/h14-16,21,25-26H,1-10,12-13H2;1H/t14?,15?,16-,18?,19?;/m0./s1. The van der Waals surface area contributed by atoms with Gasteiger partial charge in [-0.1, -0.05) is 0 Å². The summed E-state index contributed by atoms with van der Waals surface area (Å²) < 4.78 is 23.2. The van der Waals surface area contributed by atoms with Gasteiger partial charge in [-0.3, -0.25) is 13.9 Å². The van der Waals surface area contributed by atoms with Gasteiger partial charge in [0.25, 0.3) is 0 Å². The molecule has 4 aliphatic carbocycles. The molecule has 6 rings (SSSR count). The minimum atomic E-state index is -2.62. The summed E-state index contributed by atoms with van der Waals surface area (Å²) in [6.07, 6.45) is 7.87. The molecule has 0 aromatic carbocycles. The quantitative estimate of drug-likeness (QED) is 0.633. The van der Waals surface area contributed by atoms with Crippen molar-refractivity contribution in [2.45, 2.75) is 68.5 Å². The first-order chi connectivity index (χ1) is 12.9. The van der Waals surface area contributed by atoms with Crippen LogP contribution in [0.25, 0.3) is 0 Å². The Labute approximate surface area is 174 Å². The molecule has 2 heterocycles. The van der Waals surface area contributed by atoms with Crippen LogP contribution < -0.4 is 5.32 Å². The number of carbonyl (C=O) groups excluding carboxylic acids is 1. The molecule has 28 heavy (non-hydrogen) atoms. The Morgan fingerprint density at radius 2 is 2.07 bits per heavy atom. The van der Waals surface area contributed by atoms with Crippen LogP contribution in [0.3, 0.4) is 0 Å². The minimum absolute atomic E-state index is 0. The fourth-order valence-corrected chi connectivity index (χ4v) is 9.18. The summed E-state index contributed by atoms with van der Waals surface area (Å²) in [4.78, 5) is 14.4. The molecule has 158 valence electrons. The van der Waals surface area contributed by atoms with Gasteiger partial charge in [-0.2, -0.15) is 5.26 Å². The predicted molar refractivity (Wildman–Crippen MR) is 110 cm³/mol. The van der Waals surface area contributed by atoms with Gasteiger partial charge in [-0.15, -0.1) is 23.2 Å². The molecular formula is C19H31ClN4O3S. The highest BCUT2D eigenvalue weighted by Gasteiger charge is 2.67. The molecule has 5 atom stereocenters. The zero-order valence-electron chi connectivity index (χ0n) is 16.2. The van der Waals surface area contributed by atoms with Gasteiger partial charge in [0.2, 0.25) is 5.91 Å². The van der Waals surface area contributed by atoms with E-state index in [-0.39, 0.29) is 35.4 Å². The minimum Gasteiger partial charge on any atom is -0.326 e. The molecule has 7 nitrogen and oxygen atoms in total. The molecule has 0 spiro atoms. The lowest BCUT2D eigenvalue weighted by Gasteiger charge is -2.52. The highest BCUT2D eigenvalue weighted by atomic mass is 35.5. The second-order valence-electron chi connectivity index (χ2n) is 9.49. The maximum absolute atomic E-state index is 12.7. The third kappa shape index (κ3) is 2.98. The monoisotopic (exact) mass is 430 g/mol. The molecule has 4 bridgehead atoms. The Morgan fingerprint density at radius 1 is 1.25 bits per heavy atom. The highest BCUT2D eigenvalue weighted by Crippen LogP contribution is 2.68. The number of hydrogen-bond acceptors (Lipinski definition) is 6. The third-order valence-electron chi connectivity index (χ3n) is 7.97. The second kappa shape index (κ2) is 7.00. The van der Waals surface area contributed by atoms with Crippen LogP contribution in [0.5, 0.6) is 0 Å². The van der Waals surface area contributed by atoms with Gasteiger partial charge in [0, 0.05) is 24.2 Å². The van der Waals surface area contributed by atoms with Crippen molar-refractivity contribution < 1.29 is 13.9 Å². The van der Waals surface area contributed by atoms with Crippen LogP contribution in [0.1, 0.15) is 51.4 Å². The Balaban J connectivity index is 0.00000192. The van der Waals surface area contributed by atoms with E-state index in [1.165, 1.54) is 6.42 Å². The topological polar surface area (TPSA) is 99.8 Å². The van der Waals surface area contributed by atoms with Crippen LogP contribution >= 0.6 is 23.2 Å². The number of likely N-dealkylation sites (tertiary alicyclic amines) is 1. The summed E-state index contributed by atoms with van der Waals surface area (Å²) in [6, 6.07) is 1.98. The molecule has 1 amide bonds. The number of rotatable bonds is 4. The van der Waals surface area contributed by atoms with E-state index in [1.54, 1.807) is 4.90 Å². The van der Waals surface area contributed by atoms with Crippen LogP contribution in [0.4, 0.5) is 0 Å². The molecule has 0 aromatic heterocycles. The van der Waals surface area contributed by atoms with Gasteiger partial charge in [0.05, 0.1) is 18.4 Å². The number of hydrogen-bond donors (Lipinski definition) is 3. The third-order valence-corrected chi connectivity index (χ3v) is 10.1. The zero-order chi connectivity index (χ0) is 18.9. The van der Waals surface area contributed by atoms with Gasteiger partial charge in [0.1, 0.15) is 6.04 Å². The van der Waals surface area contributed by atoms with Crippen molar-refractivity contribution in [2.75, 3.05) is 25.4 Å². The fourth-order valence-electron chi connectivity index (χ4n) is 7.18. The summed E-state index contributed by atoms with van der Waals surface area (Å²) >= 11 is 0.